The molecule has 158 valence electrons. The highest BCUT2D eigenvalue weighted by atomic mass is 16.5. The zero-order valence-electron chi connectivity index (χ0n) is 17.6. The number of ether oxygens (including phenoxy) is 5. The molecule has 9 nitrogen and oxygen atoms in total. The van der Waals surface area contributed by atoms with E-state index in [1.165, 1.54) is 0 Å². The summed E-state index contributed by atoms with van der Waals surface area (Å²) in [6, 6.07) is 9.10. The highest BCUT2D eigenvalue weighted by molar-refractivity contribution is 5.94. The van der Waals surface area contributed by atoms with Gasteiger partial charge in [0.25, 0.3) is 0 Å². The fourth-order valence-electron chi connectivity index (χ4n) is 2.67. The van der Waals surface area contributed by atoms with Gasteiger partial charge in [-0.1, -0.05) is 0 Å². The number of nitrogens with one attached hydrogen (secondary N) is 1. The maximum absolute atomic E-state index is 6.13. The first-order valence-electron chi connectivity index (χ1n) is 8.78. The number of nitrogens with zero attached hydrogens (tertiary/aromatic N) is 2. The van der Waals surface area contributed by atoms with E-state index in [0.29, 0.717) is 34.7 Å². The fourth-order valence-corrected chi connectivity index (χ4v) is 2.67. The van der Waals surface area contributed by atoms with Crippen LogP contribution in [0, 0.1) is 0 Å². The topological polar surface area (TPSA) is 99.8 Å². The second-order valence-corrected chi connectivity index (χ2v) is 5.86. The summed E-state index contributed by atoms with van der Waals surface area (Å²) in [6.45, 7) is 0.252. The molecule has 2 aromatic carbocycles. The van der Waals surface area contributed by atoms with Crippen molar-refractivity contribution in [3.63, 3.8) is 0 Å². The molecule has 0 aliphatic rings. The van der Waals surface area contributed by atoms with E-state index in [9.17, 15) is 0 Å². The maximum Gasteiger partial charge on any atom is 0.203 e. The summed E-state index contributed by atoms with van der Waals surface area (Å²) < 4.78 is 26.6. The van der Waals surface area contributed by atoms with Gasteiger partial charge in [-0.3, -0.25) is 0 Å². The van der Waals surface area contributed by atoms with Crippen LogP contribution >= 0.6 is 0 Å². The Morgan fingerprint density at radius 3 is 1.97 bits per heavy atom. The molecule has 0 fully saturated rings. The smallest absolute Gasteiger partial charge is 0.203 e. The molecular weight excluding hydrogens is 376 g/mol. The third-order valence-electron chi connectivity index (χ3n) is 4.29. The molecule has 0 saturated carbocycles. The lowest BCUT2D eigenvalue weighted by atomic mass is 10.2. The third kappa shape index (κ3) is 5.07. The van der Waals surface area contributed by atoms with E-state index < -0.39 is 0 Å². The van der Waals surface area contributed by atoms with E-state index in [1.54, 1.807) is 52.6 Å². The van der Waals surface area contributed by atoms with Gasteiger partial charge < -0.3 is 39.6 Å². The summed E-state index contributed by atoms with van der Waals surface area (Å²) in [5.74, 6) is 3.21. The average molecular weight is 404 g/mol. The lowest BCUT2D eigenvalue weighted by Gasteiger charge is -2.20. The molecule has 29 heavy (non-hydrogen) atoms. The molecule has 0 aliphatic carbocycles. The number of benzene rings is 2. The van der Waals surface area contributed by atoms with Crippen molar-refractivity contribution in [3.05, 3.63) is 30.3 Å². The second-order valence-electron chi connectivity index (χ2n) is 5.86. The minimum atomic E-state index is 0.252. The van der Waals surface area contributed by atoms with Gasteiger partial charge in [-0.2, -0.15) is 0 Å². The molecule has 2 rings (SSSR count). The van der Waals surface area contributed by atoms with Crippen LogP contribution in [0.2, 0.25) is 0 Å². The molecule has 9 heteroatoms. The first kappa shape index (κ1) is 21.8. The van der Waals surface area contributed by atoms with Gasteiger partial charge in [0.1, 0.15) is 6.67 Å². The number of hydrogen-bond donors (Lipinski definition) is 2. The van der Waals surface area contributed by atoms with Crippen molar-refractivity contribution in [2.75, 3.05) is 59.5 Å². The molecule has 0 amide bonds. The Kier molecular flexibility index (Phi) is 7.64. The van der Waals surface area contributed by atoms with Gasteiger partial charge >= 0.3 is 0 Å². The van der Waals surface area contributed by atoms with Gasteiger partial charge in [-0.15, -0.1) is 0 Å². The molecular formula is C20H28N4O5. The number of guanidine groups is 1. The van der Waals surface area contributed by atoms with Crippen LogP contribution in [-0.4, -0.2) is 55.2 Å². The van der Waals surface area contributed by atoms with Crippen LogP contribution < -0.4 is 39.6 Å². The quantitative estimate of drug-likeness (QED) is 0.486. The predicted molar refractivity (Wildman–Crippen MR) is 114 cm³/mol. The average Bonchev–Trinajstić information content (AvgIpc) is 2.76. The van der Waals surface area contributed by atoms with Crippen molar-refractivity contribution in [3.8, 4) is 28.7 Å². The van der Waals surface area contributed by atoms with Gasteiger partial charge in [-0.25, -0.2) is 4.99 Å². The largest absolute Gasteiger partial charge is 0.493 e. The standard InChI is InChI=1S/C20H28N4O5/c1-24(14-7-8-15(25-2)16(11-14)26-3)20(21)23-12-22-13-9-17(27-4)19(29-6)18(10-13)28-5/h7-11,22H,12H2,1-6H3,(H2,21,23). The molecule has 0 heterocycles. The van der Waals surface area contributed by atoms with E-state index in [4.69, 9.17) is 29.4 Å². The van der Waals surface area contributed by atoms with Crippen LogP contribution in [-0.2, 0) is 0 Å². The Balaban J connectivity index is 2.12. The molecule has 0 radical (unpaired) electrons. The van der Waals surface area contributed by atoms with Crippen LogP contribution in [0.1, 0.15) is 0 Å². The predicted octanol–water partition coefficient (Wildman–Crippen LogP) is 2.55. The summed E-state index contributed by atoms with van der Waals surface area (Å²) >= 11 is 0. The summed E-state index contributed by atoms with van der Waals surface area (Å²) in [6.07, 6.45) is 0. The monoisotopic (exact) mass is 404 g/mol. The van der Waals surface area contributed by atoms with Gasteiger partial charge in [0.05, 0.1) is 35.5 Å². The molecule has 0 aromatic heterocycles. The molecule has 0 bridgehead atoms. The number of aliphatic imine (C=N–C) groups is 1. The third-order valence-corrected chi connectivity index (χ3v) is 4.29. The minimum absolute atomic E-state index is 0.252. The van der Waals surface area contributed by atoms with Crippen LogP contribution in [0.25, 0.3) is 0 Å². The Bertz CT molecular complexity index is 832. The van der Waals surface area contributed by atoms with E-state index in [2.05, 4.69) is 10.3 Å². The van der Waals surface area contributed by atoms with Gasteiger partial charge in [0.2, 0.25) is 5.75 Å². The molecule has 3 N–H and O–H groups in total. The highest BCUT2D eigenvalue weighted by Crippen LogP contribution is 2.39. The maximum atomic E-state index is 6.13. The normalized spacial score (nSPS) is 10.9. The number of rotatable bonds is 9. The molecule has 0 atom stereocenters. The first-order chi connectivity index (χ1) is 14.0. The van der Waals surface area contributed by atoms with Crippen LogP contribution in [0.15, 0.2) is 35.3 Å². The van der Waals surface area contributed by atoms with E-state index in [0.717, 1.165) is 11.4 Å². The molecule has 2 aromatic rings. The highest BCUT2D eigenvalue weighted by Gasteiger charge is 2.13. The van der Waals surface area contributed by atoms with Crippen molar-refractivity contribution >= 4 is 17.3 Å². The van der Waals surface area contributed by atoms with E-state index >= 15 is 0 Å². The number of hydrogen-bond acceptors (Lipinski definition) is 7. The van der Waals surface area contributed by atoms with E-state index in [-0.39, 0.29) is 6.67 Å². The van der Waals surface area contributed by atoms with E-state index in [1.807, 2.05) is 25.2 Å². The fraction of sp³-hybridized carbons (Fsp3) is 0.350. The Morgan fingerprint density at radius 1 is 0.862 bits per heavy atom. The second kappa shape index (κ2) is 10.2. The van der Waals surface area contributed by atoms with Crippen LogP contribution in [0.4, 0.5) is 11.4 Å². The lowest BCUT2D eigenvalue weighted by molar-refractivity contribution is 0.324. The number of nitrogens with two attached hydrogens (primary N) is 1. The van der Waals surface area contributed by atoms with Crippen molar-refractivity contribution in [1.82, 2.24) is 0 Å². The lowest BCUT2D eigenvalue weighted by Crippen LogP contribution is -2.34. The van der Waals surface area contributed by atoms with Crippen molar-refractivity contribution in [2.24, 2.45) is 10.7 Å². The number of methoxy groups -OCH3 is 5. The SMILES string of the molecule is COc1ccc(N(C)C(N)=NCNc2cc(OC)c(OC)c(OC)c2)cc1OC. The molecule has 0 saturated heterocycles. The Morgan fingerprint density at radius 2 is 1.45 bits per heavy atom. The first-order valence-corrected chi connectivity index (χ1v) is 8.78. The summed E-state index contributed by atoms with van der Waals surface area (Å²) in [5.41, 5.74) is 7.70. The Hall–Kier alpha value is -3.49. The molecule has 0 unspecified atom stereocenters. The van der Waals surface area contributed by atoms with Gasteiger partial charge in [-0.05, 0) is 12.1 Å². The summed E-state index contributed by atoms with van der Waals surface area (Å²) in [4.78, 5) is 6.12. The van der Waals surface area contributed by atoms with Crippen LogP contribution in [0.5, 0.6) is 28.7 Å². The summed E-state index contributed by atoms with van der Waals surface area (Å²) in [7, 11) is 9.68. The minimum Gasteiger partial charge on any atom is -0.493 e. The van der Waals surface area contributed by atoms with Gasteiger partial charge in [0, 0.05) is 36.6 Å². The zero-order valence-corrected chi connectivity index (χ0v) is 17.6. The Labute approximate surface area is 171 Å². The van der Waals surface area contributed by atoms with Crippen LogP contribution in [0.3, 0.4) is 0 Å². The van der Waals surface area contributed by atoms with Crippen molar-refractivity contribution < 1.29 is 23.7 Å². The van der Waals surface area contributed by atoms with Crippen molar-refractivity contribution in [1.29, 1.82) is 0 Å². The molecule has 0 spiro atoms. The van der Waals surface area contributed by atoms with Gasteiger partial charge in [0.15, 0.2) is 29.0 Å². The number of anilines is 2. The van der Waals surface area contributed by atoms with Crippen molar-refractivity contribution in [2.45, 2.75) is 0 Å². The summed E-state index contributed by atoms with van der Waals surface area (Å²) in [5, 5.41) is 3.17. The molecule has 0 aliphatic heterocycles. The zero-order chi connectivity index (χ0) is 21.4.